The van der Waals surface area contributed by atoms with Gasteiger partial charge in [-0.3, -0.25) is 4.79 Å². The van der Waals surface area contributed by atoms with Crippen LogP contribution >= 0.6 is 0 Å². The number of aliphatic hydroxyl groups is 1. The fourth-order valence-electron chi connectivity index (χ4n) is 1.81. The third-order valence-electron chi connectivity index (χ3n) is 2.93. The standard InChI is InChI=1S/C17H17N3O3/c1-12(21)16(17(22)18-13-8-4-3-5-9-13)20-19-14-10-6-7-11-15(14)23-2/h3-11,21H,1-2H3,(H,18,22). The van der Waals surface area contributed by atoms with E-state index in [4.69, 9.17) is 4.74 Å². The second-order valence-corrected chi connectivity index (χ2v) is 4.63. The van der Waals surface area contributed by atoms with E-state index in [0.29, 0.717) is 17.1 Å². The summed E-state index contributed by atoms with van der Waals surface area (Å²) in [7, 11) is 1.52. The van der Waals surface area contributed by atoms with Crippen LogP contribution in [-0.2, 0) is 4.79 Å². The van der Waals surface area contributed by atoms with Crippen molar-refractivity contribution in [3.8, 4) is 5.75 Å². The van der Waals surface area contributed by atoms with Crippen molar-refractivity contribution in [2.24, 2.45) is 10.2 Å². The Hall–Kier alpha value is -3.15. The molecule has 118 valence electrons. The highest BCUT2D eigenvalue weighted by Crippen LogP contribution is 2.27. The van der Waals surface area contributed by atoms with Gasteiger partial charge in [0.15, 0.2) is 5.70 Å². The quantitative estimate of drug-likeness (QED) is 0.493. The summed E-state index contributed by atoms with van der Waals surface area (Å²) >= 11 is 0. The number of azo groups is 1. The molecule has 6 nitrogen and oxygen atoms in total. The first-order valence-electron chi connectivity index (χ1n) is 6.93. The van der Waals surface area contributed by atoms with Gasteiger partial charge in [0.05, 0.1) is 7.11 Å². The molecule has 0 atom stereocenters. The van der Waals surface area contributed by atoms with Crippen LogP contribution in [0.25, 0.3) is 0 Å². The van der Waals surface area contributed by atoms with Gasteiger partial charge >= 0.3 is 0 Å². The molecule has 0 heterocycles. The Morgan fingerprint density at radius 2 is 1.74 bits per heavy atom. The lowest BCUT2D eigenvalue weighted by molar-refractivity contribution is -0.113. The van der Waals surface area contributed by atoms with E-state index in [1.165, 1.54) is 14.0 Å². The monoisotopic (exact) mass is 311 g/mol. The molecule has 0 unspecified atom stereocenters. The van der Waals surface area contributed by atoms with Gasteiger partial charge in [-0.15, -0.1) is 10.2 Å². The van der Waals surface area contributed by atoms with Gasteiger partial charge in [0, 0.05) is 5.69 Å². The maximum Gasteiger partial charge on any atom is 0.279 e. The van der Waals surface area contributed by atoms with Gasteiger partial charge in [-0.1, -0.05) is 30.3 Å². The number of nitrogens with zero attached hydrogens (tertiary/aromatic N) is 2. The molecule has 0 fully saturated rings. The number of benzene rings is 2. The van der Waals surface area contributed by atoms with E-state index in [1.807, 2.05) is 6.07 Å². The molecule has 0 radical (unpaired) electrons. The Kier molecular flexibility index (Phi) is 5.46. The second kappa shape index (κ2) is 7.74. The van der Waals surface area contributed by atoms with Crippen LogP contribution in [0.1, 0.15) is 6.92 Å². The molecular weight excluding hydrogens is 294 g/mol. The van der Waals surface area contributed by atoms with Crippen LogP contribution in [0.4, 0.5) is 11.4 Å². The van der Waals surface area contributed by atoms with E-state index >= 15 is 0 Å². The van der Waals surface area contributed by atoms with E-state index in [1.54, 1.807) is 48.5 Å². The molecule has 0 aliphatic carbocycles. The summed E-state index contributed by atoms with van der Waals surface area (Å²) in [6.07, 6.45) is 0. The van der Waals surface area contributed by atoms with Crippen LogP contribution in [0.5, 0.6) is 5.75 Å². The molecule has 0 saturated carbocycles. The minimum absolute atomic E-state index is 0.167. The first-order valence-corrected chi connectivity index (χ1v) is 6.93. The minimum Gasteiger partial charge on any atom is -0.510 e. The Morgan fingerprint density at radius 1 is 1.09 bits per heavy atom. The summed E-state index contributed by atoms with van der Waals surface area (Å²) in [4.78, 5) is 12.2. The van der Waals surface area contributed by atoms with E-state index < -0.39 is 5.91 Å². The first-order chi connectivity index (χ1) is 11.1. The number of rotatable bonds is 5. The highest BCUT2D eigenvalue weighted by atomic mass is 16.5. The summed E-state index contributed by atoms with van der Waals surface area (Å²) in [5, 5.41) is 20.2. The number of hydrogen-bond donors (Lipinski definition) is 2. The van der Waals surface area contributed by atoms with E-state index in [9.17, 15) is 9.90 Å². The molecule has 0 aromatic heterocycles. The summed E-state index contributed by atoms with van der Waals surface area (Å²) in [5.41, 5.74) is 0.893. The highest BCUT2D eigenvalue weighted by molar-refractivity contribution is 6.03. The Bertz CT molecular complexity index is 736. The number of carbonyl (C=O) groups is 1. The van der Waals surface area contributed by atoms with Crippen LogP contribution in [-0.4, -0.2) is 18.1 Å². The normalized spacial score (nSPS) is 11.9. The predicted octanol–water partition coefficient (Wildman–Crippen LogP) is 4.21. The van der Waals surface area contributed by atoms with Gasteiger partial charge in [0.25, 0.3) is 5.91 Å². The molecule has 0 bridgehead atoms. The zero-order valence-corrected chi connectivity index (χ0v) is 12.9. The van der Waals surface area contributed by atoms with Crippen LogP contribution in [0, 0.1) is 0 Å². The molecule has 0 saturated heterocycles. The van der Waals surface area contributed by atoms with Crippen molar-refractivity contribution >= 4 is 17.3 Å². The van der Waals surface area contributed by atoms with Crippen LogP contribution < -0.4 is 10.1 Å². The van der Waals surface area contributed by atoms with Gasteiger partial charge in [-0.2, -0.15) is 0 Å². The molecule has 2 N–H and O–H groups in total. The molecule has 23 heavy (non-hydrogen) atoms. The minimum atomic E-state index is -0.546. The molecule has 1 amide bonds. The van der Waals surface area contributed by atoms with Gasteiger partial charge in [-0.25, -0.2) is 0 Å². The molecular formula is C17H17N3O3. The number of para-hydroxylation sites is 2. The molecule has 2 aromatic rings. The molecule has 6 heteroatoms. The fraction of sp³-hybridized carbons (Fsp3) is 0.118. The lowest BCUT2D eigenvalue weighted by Gasteiger charge is -2.06. The first kappa shape index (κ1) is 16.2. The van der Waals surface area contributed by atoms with E-state index in [2.05, 4.69) is 15.5 Å². The molecule has 0 aliphatic rings. The van der Waals surface area contributed by atoms with Crippen LogP contribution in [0.15, 0.2) is 76.3 Å². The topological polar surface area (TPSA) is 83.3 Å². The van der Waals surface area contributed by atoms with Crippen molar-refractivity contribution in [2.75, 3.05) is 12.4 Å². The SMILES string of the molecule is COc1ccccc1N=NC(C(=O)Nc1ccccc1)=C(C)O. The number of amides is 1. The van der Waals surface area contributed by atoms with Crippen LogP contribution in [0.2, 0.25) is 0 Å². The van der Waals surface area contributed by atoms with Gasteiger partial charge in [0.1, 0.15) is 17.2 Å². The summed E-state index contributed by atoms with van der Waals surface area (Å²) < 4.78 is 5.16. The van der Waals surface area contributed by atoms with Crippen molar-refractivity contribution in [3.05, 3.63) is 66.1 Å². The van der Waals surface area contributed by atoms with E-state index in [0.717, 1.165) is 0 Å². The van der Waals surface area contributed by atoms with Gasteiger partial charge in [0.2, 0.25) is 0 Å². The lowest BCUT2D eigenvalue weighted by atomic mass is 10.3. The second-order valence-electron chi connectivity index (χ2n) is 4.63. The third-order valence-corrected chi connectivity index (χ3v) is 2.93. The molecule has 2 rings (SSSR count). The number of nitrogens with one attached hydrogen (secondary N) is 1. The molecule has 0 aliphatic heterocycles. The van der Waals surface area contributed by atoms with Gasteiger partial charge < -0.3 is 15.2 Å². The molecule has 0 spiro atoms. The van der Waals surface area contributed by atoms with Crippen molar-refractivity contribution in [1.29, 1.82) is 0 Å². The van der Waals surface area contributed by atoms with Crippen molar-refractivity contribution in [2.45, 2.75) is 6.92 Å². The maximum absolute atomic E-state index is 12.2. The van der Waals surface area contributed by atoms with Gasteiger partial charge in [-0.05, 0) is 31.2 Å². The Balaban J connectivity index is 2.21. The number of allylic oxidation sites excluding steroid dienone is 1. The zero-order chi connectivity index (χ0) is 16.7. The summed E-state index contributed by atoms with van der Waals surface area (Å²) in [6.45, 7) is 1.38. The molecule has 2 aromatic carbocycles. The summed E-state index contributed by atoms with van der Waals surface area (Å²) in [5.74, 6) is -0.249. The largest absolute Gasteiger partial charge is 0.510 e. The highest BCUT2D eigenvalue weighted by Gasteiger charge is 2.13. The maximum atomic E-state index is 12.2. The fourth-order valence-corrected chi connectivity index (χ4v) is 1.81. The Morgan fingerprint density at radius 3 is 2.39 bits per heavy atom. The lowest BCUT2D eigenvalue weighted by Crippen LogP contribution is -2.14. The number of hydrogen-bond acceptors (Lipinski definition) is 5. The van der Waals surface area contributed by atoms with Crippen molar-refractivity contribution in [3.63, 3.8) is 0 Å². The number of methoxy groups -OCH3 is 1. The predicted molar refractivity (Wildman–Crippen MR) is 87.9 cm³/mol. The van der Waals surface area contributed by atoms with Crippen molar-refractivity contribution < 1.29 is 14.6 Å². The van der Waals surface area contributed by atoms with E-state index in [-0.39, 0.29) is 11.5 Å². The van der Waals surface area contributed by atoms with Crippen LogP contribution in [0.3, 0.4) is 0 Å². The average Bonchev–Trinajstić information content (AvgIpc) is 2.56. The zero-order valence-electron chi connectivity index (χ0n) is 12.9. The number of anilines is 1. The smallest absolute Gasteiger partial charge is 0.279 e. The average molecular weight is 311 g/mol. The number of carbonyl (C=O) groups excluding carboxylic acids is 1. The number of aliphatic hydroxyl groups excluding tert-OH is 1. The third kappa shape index (κ3) is 4.41. The Labute approximate surface area is 134 Å². The summed E-state index contributed by atoms with van der Waals surface area (Å²) in [6, 6.07) is 15.9. The van der Waals surface area contributed by atoms with Crippen molar-refractivity contribution in [1.82, 2.24) is 0 Å². The number of ether oxygens (including phenoxy) is 1.